The average Bonchev–Trinajstić information content (AvgIpc) is 3.86. The molecule has 2 aromatic carbocycles. The van der Waals surface area contributed by atoms with E-state index >= 15 is 0 Å². The monoisotopic (exact) mass is 824 g/mol. The number of aromatic amines is 2. The van der Waals surface area contributed by atoms with E-state index < -0.39 is 60.2 Å². The highest BCUT2D eigenvalue weighted by Crippen LogP contribution is 2.18. The third-order valence-corrected chi connectivity index (χ3v) is 9.71. The van der Waals surface area contributed by atoms with Crippen LogP contribution in [-0.4, -0.2) is 106 Å². The van der Waals surface area contributed by atoms with Crippen LogP contribution in [0.2, 0.25) is 0 Å². The van der Waals surface area contributed by atoms with Gasteiger partial charge >= 0.3 is 0 Å². The van der Waals surface area contributed by atoms with Crippen LogP contribution in [0.15, 0.2) is 72.6 Å². The minimum Gasteiger partial charge on any atom is -0.370 e. The van der Waals surface area contributed by atoms with Gasteiger partial charge in [-0.2, -0.15) is 0 Å². The number of fused-ring (bicyclic) bond motifs is 1. The molecule has 0 aliphatic heterocycles. The molecule has 0 bridgehead atoms. The summed E-state index contributed by atoms with van der Waals surface area (Å²) in [5.41, 5.74) is 20.0. The molecule has 4 aromatic rings. The number of rotatable bonds is 23. The molecule has 2 heterocycles. The van der Waals surface area contributed by atoms with Crippen LogP contribution in [-0.2, 0) is 48.0 Å². The topological polar surface area (TPSA) is 289 Å². The minimum absolute atomic E-state index is 0.000854. The normalized spacial score (nSPS) is 12.9. The first-order chi connectivity index (χ1) is 28.7. The number of nitrogens with two attached hydrogens (primary N) is 3. The van der Waals surface area contributed by atoms with E-state index in [0.29, 0.717) is 23.4 Å². The molecular weight excluding hydrogens is 769 g/mol. The number of H-pyrrole nitrogens is 2. The largest absolute Gasteiger partial charge is 0.370 e. The van der Waals surface area contributed by atoms with Gasteiger partial charge < -0.3 is 53.3 Å². The number of nitrogens with zero attached hydrogens (tertiary/aromatic N) is 3. The van der Waals surface area contributed by atoms with Crippen molar-refractivity contribution in [2.75, 3.05) is 20.1 Å². The standard InChI is InChI=1S/C42H56N12O6/c1-5-10-37(56)50-34(21-31-22-46-24-48-31)40(59)52-33(18-26-14-15-28-11-7-8-12-29(28)17-26)39(58)51-32(13-9-16-47-42(44)45)38(57)53-35(41(60)54(4)23-36(43)55)20-30-19-27(6-2)25(3)49-30/h6-8,11-12,14-15,17,19,22,24,32-35,49H,2,5,9-10,13,16,18,20-21,23H2,1,3-4H3,(H2,43,55)(H,46,48)(H,50,56)(H,51,58)(H,52,59)(H,53,57)(H4,44,45,47)/t32-,33+,34-,35-/m0/s1. The Morgan fingerprint density at radius 1 is 0.850 bits per heavy atom. The van der Waals surface area contributed by atoms with E-state index in [4.69, 9.17) is 17.2 Å². The quantitative estimate of drug-likeness (QED) is 0.0287. The number of benzene rings is 2. The number of aromatic nitrogens is 3. The van der Waals surface area contributed by atoms with Crippen LogP contribution in [0.1, 0.15) is 60.8 Å². The summed E-state index contributed by atoms with van der Waals surface area (Å²) in [7, 11) is 1.39. The number of likely N-dealkylation sites (N-methyl/N-ethyl adjacent to an activating group) is 1. The van der Waals surface area contributed by atoms with Gasteiger partial charge in [0.15, 0.2) is 5.96 Å². The highest BCUT2D eigenvalue weighted by Gasteiger charge is 2.33. The molecular formula is C42H56N12O6. The van der Waals surface area contributed by atoms with Gasteiger partial charge in [-0.25, -0.2) is 4.98 Å². The van der Waals surface area contributed by atoms with Crippen molar-refractivity contribution in [3.05, 3.63) is 95.8 Å². The summed E-state index contributed by atoms with van der Waals surface area (Å²) in [6, 6.07) is 10.4. The van der Waals surface area contributed by atoms with Gasteiger partial charge in [0, 0.05) is 62.6 Å². The van der Waals surface area contributed by atoms with Gasteiger partial charge in [-0.3, -0.25) is 33.8 Å². The van der Waals surface area contributed by atoms with Crippen molar-refractivity contribution >= 4 is 58.3 Å². The highest BCUT2D eigenvalue weighted by atomic mass is 16.2. The summed E-state index contributed by atoms with van der Waals surface area (Å²) in [6.07, 6.45) is 5.73. The van der Waals surface area contributed by atoms with Crippen LogP contribution in [0, 0.1) is 6.92 Å². The summed E-state index contributed by atoms with van der Waals surface area (Å²) in [6.45, 7) is 7.22. The highest BCUT2D eigenvalue weighted by molar-refractivity contribution is 5.96. The molecule has 60 heavy (non-hydrogen) atoms. The molecule has 0 aliphatic carbocycles. The number of primary amides is 1. The van der Waals surface area contributed by atoms with Crippen LogP contribution < -0.4 is 38.5 Å². The average molecular weight is 825 g/mol. The SMILES string of the molecule is C=Cc1cc(C[C@H](NC(=O)[C@H](CCCN=C(N)N)NC(=O)[C@@H](Cc2ccc3ccccc3c2)NC(=O)[C@H](Cc2cnc[nH]2)NC(=O)CCC)C(=O)N(C)CC(N)=O)[nH]c1C. The fourth-order valence-corrected chi connectivity index (χ4v) is 6.68. The second kappa shape index (κ2) is 22.2. The summed E-state index contributed by atoms with van der Waals surface area (Å²) < 4.78 is 0. The Kier molecular flexibility index (Phi) is 17.0. The molecule has 18 nitrogen and oxygen atoms in total. The Hall–Kier alpha value is -6.98. The van der Waals surface area contributed by atoms with Crippen molar-refractivity contribution in [1.29, 1.82) is 0 Å². The number of aliphatic imine (C=N–C) groups is 1. The maximum atomic E-state index is 14.5. The van der Waals surface area contributed by atoms with Gasteiger partial charge in [0.2, 0.25) is 35.4 Å². The van der Waals surface area contributed by atoms with Crippen molar-refractivity contribution in [3.8, 4) is 0 Å². The summed E-state index contributed by atoms with van der Waals surface area (Å²) in [5.74, 6) is -3.90. The first kappa shape index (κ1) is 45.7. The first-order valence-corrected chi connectivity index (χ1v) is 19.7. The number of aryl methyl sites for hydroxylation is 1. The number of guanidine groups is 1. The third kappa shape index (κ3) is 13.8. The Labute approximate surface area is 348 Å². The van der Waals surface area contributed by atoms with Crippen molar-refractivity contribution in [3.63, 3.8) is 0 Å². The molecule has 6 amide bonds. The molecule has 4 atom stereocenters. The number of carbonyl (C=O) groups excluding carboxylic acids is 6. The molecule has 0 radical (unpaired) electrons. The van der Waals surface area contributed by atoms with Crippen molar-refractivity contribution < 1.29 is 28.8 Å². The Morgan fingerprint density at radius 2 is 1.50 bits per heavy atom. The lowest BCUT2D eigenvalue weighted by Gasteiger charge is -2.28. The van der Waals surface area contributed by atoms with E-state index in [1.54, 1.807) is 12.1 Å². The number of amides is 6. The van der Waals surface area contributed by atoms with Crippen LogP contribution >= 0.6 is 0 Å². The second-order valence-electron chi connectivity index (χ2n) is 14.6. The maximum Gasteiger partial charge on any atom is 0.245 e. The van der Waals surface area contributed by atoms with Crippen LogP contribution in [0.4, 0.5) is 0 Å². The van der Waals surface area contributed by atoms with Crippen LogP contribution in [0.3, 0.4) is 0 Å². The molecule has 12 N–H and O–H groups in total. The molecule has 320 valence electrons. The van der Waals surface area contributed by atoms with Gasteiger partial charge in [0.25, 0.3) is 0 Å². The lowest BCUT2D eigenvalue weighted by molar-refractivity contribution is -0.138. The van der Waals surface area contributed by atoms with Gasteiger partial charge in [-0.05, 0) is 54.2 Å². The second-order valence-corrected chi connectivity index (χ2v) is 14.6. The van der Waals surface area contributed by atoms with E-state index in [2.05, 4.69) is 47.8 Å². The fraction of sp³-hybridized carbons (Fsp3) is 0.381. The van der Waals surface area contributed by atoms with Gasteiger partial charge in [0.1, 0.15) is 24.2 Å². The lowest BCUT2D eigenvalue weighted by atomic mass is 9.99. The number of hydrogen-bond acceptors (Lipinski definition) is 8. The lowest BCUT2D eigenvalue weighted by Crippen LogP contribution is -2.59. The van der Waals surface area contributed by atoms with E-state index in [9.17, 15) is 28.8 Å². The first-order valence-electron chi connectivity index (χ1n) is 19.7. The molecule has 0 saturated heterocycles. The van der Waals surface area contributed by atoms with Crippen LogP contribution in [0.5, 0.6) is 0 Å². The van der Waals surface area contributed by atoms with Gasteiger partial charge in [-0.15, -0.1) is 0 Å². The number of carbonyl (C=O) groups is 6. The Bertz CT molecular complexity index is 2160. The molecule has 0 fully saturated rings. The van der Waals surface area contributed by atoms with E-state index in [1.165, 1.54) is 19.6 Å². The van der Waals surface area contributed by atoms with Crippen molar-refractivity contribution in [1.82, 2.24) is 41.1 Å². The molecule has 18 heteroatoms. The predicted molar refractivity (Wildman–Crippen MR) is 229 cm³/mol. The predicted octanol–water partition coefficient (Wildman–Crippen LogP) is 0.607. The van der Waals surface area contributed by atoms with Crippen molar-refractivity contribution in [2.24, 2.45) is 22.2 Å². The zero-order valence-corrected chi connectivity index (χ0v) is 34.3. The Morgan fingerprint density at radius 3 is 2.13 bits per heavy atom. The smallest absolute Gasteiger partial charge is 0.245 e. The molecule has 0 aliphatic rings. The minimum atomic E-state index is -1.25. The summed E-state index contributed by atoms with van der Waals surface area (Å²) in [4.78, 5) is 96.3. The maximum absolute atomic E-state index is 14.5. The summed E-state index contributed by atoms with van der Waals surface area (Å²) >= 11 is 0. The zero-order chi connectivity index (χ0) is 43.8. The molecule has 4 rings (SSSR count). The zero-order valence-electron chi connectivity index (χ0n) is 34.3. The number of imidazole rings is 1. The molecule has 0 spiro atoms. The van der Waals surface area contributed by atoms with E-state index in [-0.39, 0.29) is 56.9 Å². The molecule has 0 unspecified atom stereocenters. The number of nitrogens with one attached hydrogen (secondary N) is 6. The van der Waals surface area contributed by atoms with E-state index in [0.717, 1.165) is 26.9 Å². The van der Waals surface area contributed by atoms with Gasteiger partial charge in [-0.1, -0.05) is 62.0 Å². The molecule has 2 aromatic heterocycles. The summed E-state index contributed by atoms with van der Waals surface area (Å²) in [5, 5.41) is 13.1. The number of hydrogen-bond donors (Lipinski definition) is 9. The van der Waals surface area contributed by atoms with E-state index in [1.807, 2.05) is 56.3 Å². The van der Waals surface area contributed by atoms with Gasteiger partial charge in [0.05, 0.1) is 12.9 Å². The Balaban J connectivity index is 1.67. The third-order valence-electron chi connectivity index (χ3n) is 9.71. The van der Waals surface area contributed by atoms with Crippen molar-refractivity contribution in [2.45, 2.75) is 83.0 Å². The molecule has 0 saturated carbocycles. The fourth-order valence-electron chi connectivity index (χ4n) is 6.68. The van der Waals surface area contributed by atoms with Crippen LogP contribution in [0.25, 0.3) is 16.8 Å².